The first-order valence-corrected chi connectivity index (χ1v) is 4.68. The summed E-state index contributed by atoms with van der Waals surface area (Å²) in [5.74, 6) is -0.331. The lowest BCUT2D eigenvalue weighted by Crippen LogP contribution is -2.14. The number of amides is 1. The summed E-state index contributed by atoms with van der Waals surface area (Å²) in [5.41, 5.74) is 7.72. The number of aromatic nitrogens is 3. The van der Waals surface area contributed by atoms with E-state index in [2.05, 4.69) is 20.5 Å². The van der Waals surface area contributed by atoms with Crippen molar-refractivity contribution in [3.05, 3.63) is 35.9 Å². The highest BCUT2D eigenvalue weighted by Crippen LogP contribution is 2.11. The van der Waals surface area contributed by atoms with Crippen LogP contribution in [0.1, 0.15) is 16.1 Å². The van der Waals surface area contributed by atoms with Gasteiger partial charge >= 0.3 is 0 Å². The van der Waals surface area contributed by atoms with Crippen molar-refractivity contribution in [1.29, 1.82) is 0 Å². The standard InChI is InChI=1S/C10H11N5O/c1-6-2-7(4-12-3-6)14-10(16)9-8(11)5-13-15-9/h2-5H,11H2,1H3,(H,13,15)(H,14,16). The van der Waals surface area contributed by atoms with Gasteiger partial charge in [0.05, 0.1) is 23.8 Å². The maximum atomic E-state index is 11.7. The molecule has 6 nitrogen and oxygen atoms in total. The topological polar surface area (TPSA) is 96.7 Å². The molecule has 0 saturated carbocycles. The van der Waals surface area contributed by atoms with Gasteiger partial charge < -0.3 is 11.1 Å². The molecule has 0 bridgehead atoms. The van der Waals surface area contributed by atoms with Crippen LogP contribution >= 0.6 is 0 Å². The van der Waals surface area contributed by atoms with Gasteiger partial charge in [0, 0.05) is 6.20 Å². The lowest BCUT2D eigenvalue weighted by molar-refractivity contribution is 0.102. The molecule has 4 N–H and O–H groups in total. The summed E-state index contributed by atoms with van der Waals surface area (Å²) in [4.78, 5) is 15.7. The van der Waals surface area contributed by atoms with Crippen molar-refractivity contribution in [1.82, 2.24) is 15.2 Å². The van der Waals surface area contributed by atoms with E-state index in [4.69, 9.17) is 5.73 Å². The van der Waals surface area contributed by atoms with Crippen LogP contribution in [-0.2, 0) is 0 Å². The van der Waals surface area contributed by atoms with Crippen LogP contribution in [0.2, 0.25) is 0 Å². The molecule has 0 unspecified atom stereocenters. The number of hydrogen-bond donors (Lipinski definition) is 3. The lowest BCUT2D eigenvalue weighted by atomic mass is 10.3. The number of pyridine rings is 1. The van der Waals surface area contributed by atoms with Gasteiger partial charge in [0.2, 0.25) is 0 Å². The number of carbonyl (C=O) groups is 1. The molecule has 82 valence electrons. The molecule has 0 aromatic carbocycles. The van der Waals surface area contributed by atoms with Crippen molar-refractivity contribution in [2.24, 2.45) is 0 Å². The van der Waals surface area contributed by atoms with Crippen LogP contribution < -0.4 is 11.1 Å². The summed E-state index contributed by atoms with van der Waals surface area (Å²) in [6, 6.07) is 1.82. The zero-order chi connectivity index (χ0) is 11.5. The molecule has 6 heteroatoms. The maximum absolute atomic E-state index is 11.7. The van der Waals surface area contributed by atoms with E-state index in [1.807, 2.05) is 13.0 Å². The van der Waals surface area contributed by atoms with E-state index in [1.54, 1.807) is 12.4 Å². The average molecular weight is 217 g/mol. The van der Waals surface area contributed by atoms with Gasteiger partial charge in [-0.1, -0.05) is 0 Å². The molecule has 0 aliphatic carbocycles. The number of nitrogens with zero attached hydrogens (tertiary/aromatic N) is 2. The largest absolute Gasteiger partial charge is 0.396 e. The van der Waals surface area contributed by atoms with E-state index in [9.17, 15) is 4.79 Å². The first-order chi connectivity index (χ1) is 7.66. The number of nitrogen functional groups attached to an aromatic ring is 1. The maximum Gasteiger partial charge on any atom is 0.275 e. The molecule has 1 amide bonds. The second-order valence-electron chi connectivity index (χ2n) is 3.41. The number of nitrogens with one attached hydrogen (secondary N) is 2. The van der Waals surface area contributed by atoms with Crippen LogP contribution in [0.3, 0.4) is 0 Å². The number of nitrogens with two attached hydrogens (primary N) is 1. The van der Waals surface area contributed by atoms with Crippen molar-refractivity contribution in [3.8, 4) is 0 Å². The Morgan fingerprint density at radius 3 is 2.88 bits per heavy atom. The smallest absolute Gasteiger partial charge is 0.275 e. The van der Waals surface area contributed by atoms with Crippen LogP contribution in [0, 0.1) is 6.92 Å². The Bertz CT molecular complexity index is 519. The van der Waals surface area contributed by atoms with Gasteiger partial charge in [0.25, 0.3) is 5.91 Å². The van der Waals surface area contributed by atoms with Gasteiger partial charge in [-0.3, -0.25) is 14.9 Å². The van der Waals surface area contributed by atoms with E-state index >= 15 is 0 Å². The second kappa shape index (κ2) is 4.01. The third-order valence-electron chi connectivity index (χ3n) is 2.03. The zero-order valence-electron chi connectivity index (χ0n) is 8.69. The Hall–Kier alpha value is -2.37. The fourth-order valence-corrected chi connectivity index (χ4v) is 1.29. The molecule has 0 aliphatic rings. The van der Waals surface area contributed by atoms with E-state index in [0.717, 1.165) is 5.56 Å². The fourth-order valence-electron chi connectivity index (χ4n) is 1.29. The normalized spacial score (nSPS) is 10.1. The van der Waals surface area contributed by atoms with E-state index in [0.29, 0.717) is 11.4 Å². The molecule has 0 radical (unpaired) electrons. The molecule has 0 saturated heterocycles. The highest BCUT2D eigenvalue weighted by atomic mass is 16.2. The van der Waals surface area contributed by atoms with Gasteiger partial charge in [-0.15, -0.1) is 0 Å². The highest BCUT2D eigenvalue weighted by Gasteiger charge is 2.11. The lowest BCUT2D eigenvalue weighted by Gasteiger charge is -2.04. The summed E-state index contributed by atoms with van der Waals surface area (Å²) in [5, 5.41) is 8.88. The van der Waals surface area contributed by atoms with E-state index in [1.165, 1.54) is 6.20 Å². The average Bonchev–Trinajstić information content (AvgIpc) is 2.64. The molecule has 2 aromatic rings. The summed E-state index contributed by atoms with van der Waals surface area (Å²) >= 11 is 0. The number of hydrogen-bond acceptors (Lipinski definition) is 4. The molecule has 2 rings (SSSR count). The zero-order valence-corrected chi connectivity index (χ0v) is 8.69. The Morgan fingerprint density at radius 1 is 1.44 bits per heavy atom. The Labute approximate surface area is 91.9 Å². The number of H-pyrrole nitrogens is 1. The summed E-state index contributed by atoms with van der Waals surface area (Å²) < 4.78 is 0. The minimum atomic E-state index is -0.331. The second-order valence-corrected chi connectivity index (χ2v) is 3.41. The Balaban J connectivity index is 2.17. The molecule has 0 atom stereocenters. The molecule has 2 aromatic heterocycles. The van der Waals surface area contributed by atoms with Crippen LogP contribution in [-0.4, -0.2) is 21.1 Å². The van der Waals surface area contributed by atoms with Gasteiger partial charge in [0.1, 0.15) is 5.69 Å². The fraction of sp³-hybridized carbons (Fsp3) is 0.100. The summed E-state index contributed by atoms with van der Waals surface area (Å²) in [7, 11) is 0. The molecule has 2 heterocycles. The first kappa shape index (κ1) is 10.2. The summed E-state index contributed by atoms with van der Waals surface area (Å²) in [6.07, 6.45) is 4.67. The van der Waals surface area contributed by atoms with Crippen LogP contribution in [0.5, 0.6) is 0 Å². The Morgan fingerprint density at radius 2 is 2.25 bits per heavy atom. The predicted molar refractivity (Wildman–Crippen MR) is 59.9 cm³/mol. The van der Waals surface area contributed by atoms with E-state index in [-0.39, 0.29) is 11.6 Å². The molecular weight excluding hydrogens is 206 g/mol. The van der Waals surface area contributed by atoms with Crippen molar-refractivity contribution in [3.63, 3.8) is 0 Å². The minimum Gasteiger partial charge on any atom is -0.396 e. The van der Waals surface area contributed by atoms with Gasteiger partial charge in [-0.2, -0.15) is 5.10 Å². The van der Waals surface area contributed by atoms with Crippen LogP contribution in [0.25, 0.3) is 0 Å². The minimum absolute atomic E-state index is 0.251. The van der Waals surface area contributed by atoms with Crippen LogP contribution in [0.15, 0.2) is 24.7 Å². The predicted octanol–water partition coefficient (Wildman–Crippen LogP) is 0.948. The van der Waals surface area contributed by atoms with Crippen molar-refractivity contribution >= 4 is 17.3 Å². The van der Waals surface area contributed by atoms with Crippen molar-refractivity contribution in [2.75, 3.05) is 11.1 Å². The summed E-state index contributed by atoms with van der Waals surface area (Å²) in [6.45, 7) is 1.90. The number of carbonyl (C=O) groups excluding carboxylic acids is 1. The molecule has 16 heavy (non-hydrogen) atoms. The number of aromatic amines is 1. The monoisotopic (exact) mass is 217 g/mol. The molecule has 0 fully saturated rings. The highest BCUT2D eigenvalue weighted by molar-refractivity contribution is 6.06. The van der Waals surface area contributed by atoms with Crippen LogP contribution in [0.4, 0.5) is 11.4 Å². The molecule has 0 aliphatic heterocycles. The quantitative estimate of drug-likeness (QED) is 0.697. The van der Waals surface area contributed by atoms with Crippen molar-refractivity contribution < 1.29 is 4.79 Å². The SMILES string of the molecule is Cc1cncc(NC(=O)c2[nH]ncc2N)c1. The van der Waals surface area contributed by atoms with Gasteiger partial charge in [0.15, 0.2) is 0 Å². The first-order valence-electron chi connectivity index (χ1n) is 4.68. The molecule has 0 spiro atoms. The number of anilines is 2. The van der Waals surface area contributed by atoms with Gasteiger partial charge in [-0.05, 0) is 18.6 Å². The van der Waals surface area contributed by atoms with Crippen molar-refractivity contribution in [2.45, 2.75) is 6.92 Å². The van der Waals surface area contributed by atoms with E-state index < -0.39 is 0 Å². The molecular formula is C10H11N5O. The van der Waals surface area contributed by atoms with Gasteiger partial charge in [-0.25, -0.2) is 0 Å². The third kappa shape index (κ3) is 2.00. The number of aryl methyl sites for hydroxylation is 1. The third-order valence-corrected chi connectivity index (χ3v) is 2.03. The Kier molecular flexibility index (Phi) is 2.55. The number of rotatable bonds is 2.